The van der Waals surface area contributed by atoms with Gasteiger partial charge in [-0.3, -0.25) is 9.59 Å². The maximum Gasteiger partial charge on any atom is 0.329 e. The van der Waals surface area contributed by atoms with Gasteiger partial charge in [-0.25, -0.2) is 17.8 Å². The number of hydrogen-bond acceptors (Lipinski definition) is 6. The summed E-state index contributed by atoms with van der Waals surface area (Å²) in [5.74, 6) is -1.53. The van der Waals surface area contributed by atoms with Gasteiger partial charge in [-0.15, -0.1) is 0 Å². The molecule has 4 rings (SSSR count). The normalized spacial score (nSPS) is 16.1. The van der Waals surface area contributed by atoms with Gasteiger partial charge in [-0.1, -0.05) is 48.0 Å². The van der Waals surface area contributed by atoms with Crippen LogP contribution in [0.15, 0.2) is 84.0 Å². The molecule has 1 saturated heterocycles. The number of rotatable bonds is 11. The first kappa shape index (κ1) is 29.9. The third-order valence-corrected chi connectivity index (χ3v) is 8.77. The zero-order valence-electron chi connectivity index (χ0n) is 23.2. The van der Waals surface area contributed by atoms with E-state index in [-0.39, 0.29) is 36.9 Å². The Hall–Kier alpha value is -4.09. The van der Waals surface area contributed by atoms with E-state index in [9.17, 15) is 22.8 Å². The molecule has 0 spiro atoms. The molecular weight excluding hydrogens is 544 g/mol. The zero-order chi connectivity index (χ0) is 29.4. The number of aromatic nitrogens is 1. The van der Waals surface area contributed by atoms with Crippen molar-refractivity contribution in [1.29, 1.82) is 0 Å². The van der Waals surface area contributed by atoms with Gasteiger partial charge in [0.1, 0.15) is 31.3 Å². The van der Waals surface area contributed by atoms with E-state index in [1.807, 2.05) is 50.5 Å². The average molecular weight is 580 g/mol. The largest absolute Gasteiger partial charge is 0.462 e. The van der Waals surface area contributed by atoms with E-state index in [4.69, 9.17) is 4.74 Å². The van der Waals surface area contributed by atoms with E-state index in [2.05, 4.69) is 10.6 Å². The molecule has 2 heterocycles. The molecule has 41 heavy (non-hydrogen) atoms. The molecule has 10 nitrogen and oxygen atoms in total. The summed E-state index contributed by atoms with van der Waals surface area (Å²) in [6.45, 7) is 2.06. The molecule has 1 aliphatic heterocycles. The maximum atomic E-state index is 13.4. The van der Waals surface area contributed by atoms with E-state index < -0.39 is 34.0 Å². The number of ether oxygens (including phenoxy) is 1. The summed E-state index contributed by atoms with van der Waals surface area (Å²) in [5.41, 5.74) is 2.20. The summed E-state index contributed by atoms with van der Waals surface area (Å²) in [6.07, 6.45) is 4.51. The van der Waals surface area contributed by atoms with Gasteiger partial charge in [0.15, 0.2) is 12.4 Å². The molecule has 216 valence electrons. The van der Waals surface area contributed by atoms with Gasteiger partial charge in [-0.05, 0) is 43.5 Å². The smallest absolute Gasteiger partial charge is 0.329 e. The van der Waals surface area contributed by atoms with Crippen LogP contribution in [0.25, 0.3) is 0 Å². The molecule has 1 aromatic heterocycles. The van der Waals surface area contributed by atoms with Crippen molar-refractivity contribution in [1.82, 2.24) is 14.9 Å². The second kappa shape index (κ2) is 13.5. The van der Waals surface area contributed by atoms with Gasteiger partial charge in [0.2, 0.25) is 15.9 Å². The third kappa shape index (κ3) is 7.77. The Morgan fingerprint density at radius 2 is 1.78 bits per heavy atom. The highest BCUT2D eigenvalue weighted by molar-refractivity contribution is 7.89. The first-order chi connectivity index (χ1) is 19.6. The van der Waals surface area contributed by atoms with Crippen LogP contribution in [0, 0.1) is 6.92 Å². The van der Waals surface area contributed by atoms with Crippen LogP contribution >= 0.6 is 0 Å². The maximum absolute atomic E-state index is 13.4. The summed E-state index contributed by atoms with van der Waals surface area (Å²) >= 11 is 0. The number of nitrogens with zero attached hydrogens (tertiary/aromatic N) is 2. The molecule has 3 aromatic rings. The molecule has 2 N–H and O–H groups in total. The van der Waals surface area contributed by atoms with Crippen LogP contribution in [0.1, 0.15) is 34.3 Å². The Bertz CT molecular complexity index is 1480. The van der Waals surface area contributed by atoms with Crippen LogP contribution in [0.4, 0.5) is 0 Å². The van der Waals surface area contributed by atoms with Crippen LogP contribution < -0.4 is 15.2 Å². The lowest BCUT2D eigenvalue weighted by molar-refractivity contribution is -0.671. The van der Waals surface area contributed by atoms with Crippen LogP contribution in [-0.2, 0) is 37.8 Å². The van der Waals surface area contributed by atoms with Crippen molar-refractivity contribution in [2.24, 2.45) is 7.05 Å². The van der Waals surface area contributed by atoms with E-state index >= 15 is 0 Å². The lowest BCUT2D eigenvalue weighted by Crippen LogP contribution is -2.52. The lowest BCUT2D eigenvalue weighted by Gasteiger charge is -2.26. The molecule has 1 fully saturated rings. The highest BCUT2D eigenvalue weighted by atomic mass is 32.2. The Labute approximate surface area is 240 Å². The summed E-state index contributed by atoms with van der Waals surface area (Å²) in [4.78, 5) is 39.0. The molecule has 2 atom stereocenters. The molecule has 0 bridgehead atoms. The lowest BCUT2D eigenvalue weighted by atomic mass is 10.1. The number of carbonyl (C=O) groups excluding carboxylic acids is 3. The minimum atomic E-state index is -3.90. The van der Waals surface area contributed by atoms with Gasteiger partial charge in [0.25, 0.3) is 5.91 Å². The summed E-state index contributed by atoms with van der Waals surface area (Å²) in [6, 6.07) is 17.1. The molecule has 0 unspecified atom stereocenters. The van der Waals surface area contributed by atoms with Crippen molar-refractivity contribution < 1.29 is 32.1 Å². The second-order valence-corrected chi connectivity index (χ2v) is 11.9. The molecule has 0 radical (unpaired) electrons. The predicted octanol–water partition coefficient (Wildman–Crippen LogP) is 1.67. The van der Waals surface area contributed by atoms with E-state index in [1.165, 1.54) is 16.4 Å². The first-order valence-corrected chi connectivity index (χ1v) is 14.9. The van der Waals surface area contributed by atoms with Gasteiger partial charge >= 0.3 is 5.97 Å². The number of hydrogen-bond donors (Lipinski definition) is 2. The van der Waals surface area contributed by atoms with E-state index in [0.717, 1.165) is 11.1 Å². The monoisotopic (exact) mass is 579 g/mol. The first-order valence-electron chi connectivity index (χ1n) is 13.5. The van der Waals surface area contributed by atoms with Crippen molar-refractivity contribution >= 4 is 27.8 Å². The van der Waals surface area contributed by atoms with E-state index in [1.54, 1.807) is 35.0 Å². The van der Waals surface area contributed by atoms with Crippen molar-refractivity contribution in [3.05, 3.63) is 95.8 Å². The number of benzene rings is 2. The minimum Gasteiger partial charge on any atom is -0.462 e. The molecule has 2 aromatic carbocycles. The van der Waals surface area contributed by atoms with E-state index in [0.29, 0.717) is 18.4 Å². The fourth-order valence-corrected chi connectivity index (χ4v) is 6.34. The number of amides is 2. The van der Waals surface area contributed by atoms with Gasteiger partial charge < -0.3 is 15.4 Å². The van der Waals surface area contributed by atoms with Crippen molar-refractivity contribution in [3.8, 4) is 0 Å². The van der Waals surface area contributed by atoms with Crippen LogP contribution in [0.5, 0.6) is 0 Å². The zero-order valence-corrected chi connectivity index (χ0v) is 24.0. The number of aryl methyl sites for hydroxylation is 2. The highest BCUT2D eigenvalue weighted by Gasteiger charge is 2.40. The van der Waals surface area contributed by atoms with Crippen molar-refractivity contribution in [3.63, 3.8) is 0 Å². The molecule has 11 heteroatoms. The quantitative estimate of drug-likeness (QED) is 0.202. The number of nitrogens with one attached hydrogen (secondary N) is 2. The molecule has 1 aliphatic rings. The van der Waals surface area contributed by atoms with Crippen LogP contribution in [0.2, 0.25) is 0 Å². The van der Waals surface area contributed by atoms with Gasteiger partial charge in [-0.2, -0.15) is 4.31 Å². The fraction of sp³-hybridized carbons (Fsp3) is 0.333. The molecular formula is C30H35N4O6S+. The van der Waals surface area contributed by atoms with Crippen LogP contribution in [0.3, 0.4) is 0 Å². The summed E-state index contributed by atoms with van der Waals surface area (Å²) < 4.78 is 35.1. The Kier molecular flexibility index (Phi) is 9.85. The van der Waals surface area contributed by atoms with Crippen molar-refractivity contribution in [2.75, 3.05) is 19.7 Å². The topological polar surface area (TPSA) is 126 Å². The summed E-state index contributed by atoms with van der Waals surface area (Å²) in [7, 11) is -2.09. The Morgan fingerprint density at radius 3 is 2.49 bits per heavy atom. The average Bonchev–Trinajstić information content (AvgIpc) is 3.47. The SMILES string of the molecule is Cc1ccc(S(=O)(=O)N2CCC[C@H]2C(=O)N[C@@H](Cc2ccccc2)C(=O)OCCNC(=O)c2ccc[n+](C)c2)cc1. The Morgan fingerprint density at radius 1 is 1.05 bits per heavy atom. The molecule has 0 aliphatic carbocycles. The fourth-order valence-electron chi connectivity index (χ4n) is 4.69. The highest BCUT2D eigenvalue weighted by Crippen LogP contribution is 2.26. The Balaban J connectivity index is 1.41. The minimum absolute atomic E-state index is 0.0837. The third-order valence-electron chi connectivity index (χ3n) is 6.85. The number of pyridine rings is 1. The van der Waals surface area contributed by atoms with Crippen molar-refractivity contribution in [2.45, 2.75) is 43.2 Å². The number of carbonyl (C=O) groups is 3. The van der Waals surface area contributed by atoms with Crippen LogP contribution in [-0.4, -0.2) is 62.3 Å². The predicted molar refractivity (Wildman–Crippen MR) is 151 cm³/mol. The van der Waals surface area contributed by atoms with Gasteiger partial charge in [0, 0.05) is 19.0 Å². The molecule has 2 amide bonds. The number of sulfonamides is 1. The molecule has 0 saturated carbocycles. The van der Waals surface area contributed by atoms with Gasteiger partial charge in [0.05, 0.1) is 11.4 Å². The number of esters is 1. The second-order valence-electron chi connectivity index (χ2n) is 10.0. The summed E-state index contributed by atoms with van der Waals surface area (Å²) in [5, 5.41) is 5.45. The standard InChI is InChI=1S/C30H34N4O6S/c1-22-12-14-25(15-13-22)41(38,39)34-18-7-11-27(34)29(36)32-26(20-23-8-4-3-5-9-23)30(37)40-19-16-31-28(35)24-10-6-17-33(2)21-24/h3-6,8-10,12-15,17,21,26-27H,7,11,16,18-20H2,1-2H3,(H-,31,32,35,36)/p+1/t26-,27-/m0/s1.